The molecule has 0 aliphatic rings. The molecule has 1 rings (SSSR count). The quantitative estimate of drug-likeness (QED) is 0.457. The molecule has 0 atom stereocenters. The van der Waals surface area contributed by atoms with Gasteiger partial charge in [0.25, 0.3) is 0 Å². The molecule has 0 amide bonds. The van der Waals surface area contributed by atoms with Crippen molar-refractivity contribution in [3.05, 3.63) is 39.9 Å². The van der Waals surface area contributed by atoms with Crippen LogP contribution in [0.5, 0.6) is 5.75 Å². The standard InChI is InChI=1S/C13H20N2O3/c1-13(2,15(16)17)10-14-8-7-11-5-4-6-12(9-11)18-3/h4-6,9,14H,7-8,10H2,1-3H3. The molecule has 0 aromatic heterocycles. The van der Waals surface area contributed by atoms with Gasteiger partial charge in [-0.25, -0.2) is 0 Å². The molecule has 0 aliphatic heterocycles. The van der Waals surface area contributed by atoms with Gasteiger partial charge in [0.05, 0.1) is 13.7 Å². The Labute approximate surface area is 107 Å². The summed E-state index contributed by atoms with van der Waals surface area (Å²) >= 11 is 0. The Morgan fingerprint density at radius 3 is 2.78 bits per heavy atom. The van der Waals surface area contributed by atoms with Gasteiger partial charge >= 0.3 is 0 Å². The van der Waals surface area contributed by atoms with Gasteiger partial charge in [0.1, 0.15) is 5.75 Å². The third-order valence-corrected chi connectivity index (χ3v) is 2.78. The maximum Gasteiger partial charge on any atom is 0.228 e. The molecule has 0 spiro atoms. The first-order valence-electron chi connectivity index (χ1n) is 5.94. The highest BCUT2D eigenvalue weighted by molar-refractivity contribution is 5.28. The predicted molar refractivity (Wildman–Crippen MR) is 70.6 cm³/mol. The molecule has 100 valence electrons. The molecule has 0 unspecified atom stereocenters. The maximum atomic E-state index is 10.7. The lowest BCUT2D eigenvalue weighted by molar-refractivity contribution is -0.558. The van der Waals surface area contributed by atoms with E-state index >= 15 is 0 Å². The van der Waals surface area contributed by atoms with Crippen molar-refractivity contribution in [1.29, 1.82) is 0 Å². The SMILES string of the molecule is COc1cccc(CCNCC(C)(C)[N+](=O)[O-])c1. The molecule has 18 heavy (non-hydrogen) atoms. The highest BCUT2D eigenvalue weighted by atomic mass is 16.6. The molecular formula is C13H20N2O3. The zero-order chi connectivity index (χ0) is 13.6. The van der Waals surface area contributed by atoms with Crippen LogP contribution in [0.3, 0.4) is 0 Å². The molecule has 1 N–H and O–H groups in total. The van der Waals surface area contributed by atoms with Crippen molar-refractivity contribution >= 4 is 0 Å². The first kappa shape index (κ1) is 14.4. The molecule has 0 saturated carbocycles. The van der Waals surface area contributed by atoms with Crippen LogP contribution >= 0.6 is 0 Å². The van der Waals surface area contributed by atoms with Crippen LogP contribution in [-0.2, 0) is 6.42 Å². The maximum absolute atomic E-state index is 10.7. The van der Waals surface area contributed by atoms with Gasteiger partial charge in [0, 0.05) is 18.8 Å². The van der Waals surface area contributed by atoms with Crippen LogP contribution in [0, 0.1) is 10.1 Å². The zero-order valence-electron chi connectivity index (χ0n) is 11.1. The summed E-state index contributed by atoms with van der Waals surface area (Å²) in [6.07, 6.45) is 0.824. The smallest absolute Gasteiger partial charge is 0.228 e. The van der Waals surface area contributed by atoms with E-state index in [1.165, 1.54) is 0 Å². The van der Waals surface area contributed by atoms with Gasteiger partial charge < -0.3 is 10.1 Å². The van der Waals surface area contributed by atoms with Crippen molar-refractivity contribution in [3.63, 3.8) is 0 Å². The Hall–Kier alpha value is -1.62. The summed E-state index contributed by atoms with van der Waals surface area (Å²) in [6.45, 7) is 4.31. The molecule has 0 aliphatic carbocycles. The Balaban J connectivity index is 2.36. The molecule has 1 aromatic rings. The number of methoxy groups -OCH3 is 1. The Morgan fingerprint density at radius 2 is 2.17 bits per heavy atom. The lowest BCUT2D eigenvalue weighted by Crippen LogP contribution is -2.42. The first-order chi connectivity index (χ1) is 8.45. The lowest BCUT2D eigenvalue weighted by Gasteiger charge is -2.16. The van der Waals surface area contributed by atoms with Crippen molar-refractivity contribution in [3.8, 4) is 5.75 Å². The predicted octanol–water partition coefficient (Wildman–Crippen LogP) is 1.88. The number of rotatable bonds is 7. The third kappa shape index (κ3) is 4.33. The minimum Gasteiger partial charge on any atom is -0.497 e. The van der Waals surface area contributed by atoms with Crippen LogP contribution in [0.2, 0.25) is 0 Å². The second-order valence-electron chi connectivity index (χ2n) is 4.85. The van der Waals surface area contributed by atoms with E-state index in [-0.39, 0.29) is 4.92 Å². The lowest BCUT2D eigenvalue weighted by atomic mass is 10.1. The largest absolute Gasteiger partial charge is 0.497 e. The van der Waals surface area contributed by atoms with Crippen molar-refractivity contribution in [1.82, 2.24) is 5.32 Å². The molecule has 0 bridgehead atoms. The summed E-state index contributed by atoms with van der Waals surface area (Å²) in [5.41, 5.74) is 0.231. The third-order valence-electron chi connectivity index (χ3n) is 2.78. The number of hydrogen-bond donors (Lipinski definition) is 1. The number of ether oxygens (including phenoxy) is 1. The number of benzene rings is 1. The first-order valence-corrected chi connectivity index (χ1v) is 5.94. The van der Waals surface area contributed by atoms with Gasteiger partial charge in [0.15, 0.2) is 0 Å². The molecule has 0 saturated heterocycles. The molecule has 0 heterocycles. The summed E-state index contributed by atoms with van der Waals surface area (Å²) in [4.78, 5) is 10.5. The van der Waals surface area contributed by atoms with Crippen molar-refractivity contribution in [2.24, 2.45) is 0 Å². The van der Waals surface area contributed by atoms with Gasteiger partial charge in [-0.1, -0.05) is 12.1 Å². The van der Waals surface area contributed by atoms with Crippen molar-refractivity contribution in [2.45, 2.75) is 25.8 Å². The molecule has 5 nitrogen and oxygen atoms in total. The summed E-state index contributed by atoms with van der Waals surface area (Å²) in [7, 11) is 1.64. The van der Waals surface area contributed by atoms with Crippen LogP contribution in [-0.4, -0.2) is 30.7 Å². The monoisotopic (exact) mass is 252 g/mol. The number of nitro groups is 1. The minimum atomic E-state index is -0.922. The number of hydrogen-bond acceptors (Lipinski definition) is 4. The average Bonchev–Trinajstić information content (AvgIpc) is 2.35. The summed E-state index contributed by atoms with van der Waals surface area (Å²) in [6, 6.07) is 7.82. The van der Waals surface area contributed by atoms with Gasteiger partial charge in [-0.3, -0.25) is 10.1 Å². The zero-order valence-corrected chi connectivity index (χ0v) is 11.1. The van der Waals surface area contributed by atoms with E-state index in [1.54, 1.807) is 21.0 Å². The fourth-order valence-electron chi connectivity index (χ4n) is 1.52. The summed E-state index contributed by atoms with van der Waals surface area (Å²) in [5, 5.41) is 13.8. The second kappa shape index (κ2) is 6.35. The van der Waals surface area contributed by atoms with Crippen LogP contribution in [0.4, 0.5) is 0 Å². The van der Waals surface area contributed by atoms with E-state index in [1.807, 2.05) is 24.3 Å². The van der Waals surface area contributed by atoms with E-state index in [9.17, 15) is 10.1 Å². The fraction of sp³-hybridized carbons (Fsp3) is 0.538. The van der Waals surface area contributed by atoms with E-state index in [0.29, 0.717) is 13.1 Å². The summed E-state index contributed by atoms with van der Waals surface area (Å²) < 4.78 is 5.14. The fourth-order valence-corrected chi connectivity index (χ4v) is 1.52. The Morgan fingerprint density at radius 1 is 1.44 bits per heavy atom. The molecule has 5 heteroatoms. The van der Waals surface area contributed by atoms with Gasteiger partial charge in [0.2, 0.25) is 5.54 Å². The van der Waals surface area contributed by atoms with Crippen LogP contribution in [0.15, 0.2) is 24.3 Å². The van der Waals surface area contributed by atoms with E-state index in [4.69, 9.17) is 4.74 Å². The van der Waals surface area contributed by atoms with E-state index in [0.717, 1.165) is 17.7 Å². The molecule has 1 aromatic carbocycles. The van der Waals surface area contributed by atoms with Crippen LogP contribution in [0.25, 0.3) is 0 Å². The van der Waals surface area contributed by atoms with Gasteiger partial charge in [-0.2, -0.15) is 0 Å². The van der Waals surface area contributed by atoms with Crippen LogP contribution < -0.4 is 10.1 Å². The Bertz CT molecular complexity index is 405. The van der Waals surface area contributed by atoms with Gasteiger partial charge in [-0.15, -0.1) is 0 Å². The Kier molecular flexibility index (Phi) is 5.09. The highest BCUT2D eigenvalue weighted by Gasteiger charge is 2.29. The second-order valence-corrected chi connectivity index (χ2v) is 4.85. The molecular weight excluding hydrogens is 232 g/mol. The average molecular weight is 252 g/mol. The van der Waals surface area contributed by atoms with E-state index < -0.39 is 5.54 Å². The van der Waals surface area contributed by atoms with Gasteiger partial charge in [-0.05, 0) is 30.7 Å². The molecule has 0 radical (unpaired) electrons. The minimum absolute atomic E-state index is 0.258. The van der Waals surface area contributed by atoms with Crippen molar-refractivity contribution in [2.75, 3.05) is 20.2 Å². The van der Waals surface area contributed by atoms with Crippen LogP contribution in [0.1, 0.15) is 19.4 Å². The molecule has 0 fully saturated rings. The number of nitrogens with zero attached hydrogens (tertiary/aromatic N) is 1. The highest BCUT2D eigenvalue weighted by Crippen LogP contribution is 2.12. The van der Waals surface area contributed by atoms with E-state index in [2.05, 4.69) is 5.32 Å². The van der Waals surface area contributed by atoms with Crippen molar-refractivity contribution < 1.29 is 9.66 Å². The summed E-state index contributed by atoms with van der Waals surface area (Å²) in [5.74, 6) is 0.832. The number of nitrogens with one attached hydrogen (secondary N) is 1. The topological polar surface area (TPSA) is 64.4 Å². The normalized spacial score (nSPS) is 11.3.